The van der Waals surface area contributed by atoms with Crippen molar-refractivity contribution in [3.63, 3.8) is 0 Å². The van der Waals surface area contributed by atoms with Gasteiger partial charge < -0.3 is 10.4 Å². The van der Waals surface area contributed by atoms with Crippen LogP contribution in [0.4, 0.5) is 5.82 Å². The van der Waals surface area contributed by atoms with Gasteiger partial charge in [-0.1, -0.05) is 0 Å². The van der Waals surface area contributed by atoms with E-state index in [0.29, 0.717) is 18.1 Å². The molecular formula is C12H17N5O2. The molecule has 0 fully saturated rings. The van der Waals surface area contributed by atoms with Gasteiger partial charge in [-0.2, -0.15) is 10.2 Å². The Hall–Kier alpha value is -2.31. The van der Waals surface area contributed by atoms with Gasteiger partial charge in [0.2, 0.25) is 0 Å². The highest BCUT2D eigenvalue weighted by Crippen LogP contribution is 2.19. The van der Waals surface area contributed by atoms with Crippen molar-refractivity contribution in [2.24, 2.45) is 7.05 Å². The second-order valence-corrected chi connectivity index (χ2v) is 4.51. The second-order valence-electron chi connectivity index (χ2n) is 4.51. The van der Waals surface area contributed by atoms with Crippen molar-refractivity contribution in [3.8, 4) is 0 Å². The molecule has 0 aliphatic heterocycles. The quantitative estimate of drug-likeness (QED) is 0.844. The number of hydrogen-bond acceptors (Lipinski definition) is 4. The molecule has 0 bridgehead atoms. The van der Waals surface area contributed by atoms with Gasteiger partial charge in [-0.05, 0) is 19.9 Å². The van der Waals surface area contributed by atoms with Gasteiger partial charge in [-0.25, -0.2) is 4.79 Å². The van der Waals surface area contributed by atoms with Crippen molar-refractivity contribution in [2.45, 2.75) is 26.4 Å². The molecular weight excluding hydrogens is 246 g/mol. The summed E-state index contributed by atoms with van der Waals surface area (Å²) in [4.78, 5) is 11.2. The predicted molar refractivity (Wildman–Crippen MR) is 70.2 cm³/mol. The van der Waals surface area contributed by atoms with Crippen molar-refractivity contribution in [1.82, 2.24) is 19.6 Å². The van der Waals surface area contributed by atoms with Crippen LogP contribution in [0.3, 0.4) is 0 Å². The van der Waals surface area contributed by atoms with E-state index in [1.54, 1.807) is 29.5 Å². The van der Waals surface area contributed by atoms with E-state index in [1.807, 2.05) is 19.2 Å². The predicted octanol–water partition coefficient (Wildman–Crippen LogP) is 1.12. The lowest BCUT2D eigenvalue weighted by atomic mass is 10.2. The van der Waals surface area contributed by atoms with Gasteiger partial charge in [0.15, 0.2) is 0 Å². The summed E-state index contributed by atoms with van der Waals surface area (Å²) in [6.07, 6.45) is 3.58. The zero-order valence-electron chi connectivity index (χ0n) is 11.2. The van der Waals surface area contributed by atoms with Crippen LogP contribution in [0.15, 0.2) is 18.5 Å². The Morgan fingerprint density at radius 2 is 2.32 bits per heavy atom. The molecule has 7 heteroatoms. The van der Waals surface area contributed by atoms with E-state index in [-0.39, 0.29) is 11.6 Å². The zero-order chi connectivity index (χ0) is 14.0. The number of hydrogen-bond donors (Lipinski definition) is 2. The molecule has 102 valence electrons. The molecule has 0 amide bonds. The van der Waals surface area contributed by atoms with Crippen LogP contribution in [0, 0.1) is 6.92 Å². The average molecular weight is 263 g/mol. The van der Waals surface area contributed by atoms with E-state index in [1.165, 1.54) is 0 Å². The minimum Gasteiger partial charge on any atom is -0.477 e. The summed E-state index contributed by atoms with van der Waals surface area (Å²) in [5.41, 5.74) is 0.721. The largest absolute Gasteiger partial charge is 0.477 e. The van der Waals surface area contributed by atoms with Crippen molar-refractivity contribution < 1.29 is 9.90 Å². The summed E-state index contributed by atoms with van der Waals surface area (Å²) >= 11 is 0. The zero-order valence-corrected chi connectivity index (χ0v) is 11.2. The van der Waals surface area contributed by atoms with Crippen LogP contribution in [0.2, 0.25) is 0 Å². The van der Waals surface area contributed by atoms with E-state index >= 15 is 0 Å². The SMILES string of the molecule is Cc1nn(C)c(NC(C)Cn2cccn2)c1C(=O)O. The molecule has 2 heterocycles. The fraction of sp³-hybridized carbons (Fsp3) is 0.417. The lowest BCUT2D eigenvalue weighted by Crippen LogP contribution is -2.24. The number of aryl methyl sites for hydroxylation is 2. The van der Waals surface area contributed by atoms with Crippen LogP contribution < -0.4 is 5.32 Å². The van der Waals surface area contributed by atoms with Crippen LogP contribution in [0.5, 0.6) is 0 Å². The van der Waals surface area contributed by atoms with E-state index in [0.717, 1.165) is 0 Å². The molecule has 19 heavy (non-hydrogen) atoms. The summed E-state index contributed by atoms with van der Waals surface area (Å²) in [7, 11) is 1.72. The number of aromatic nitrogens is 4. The highest BCUT2D eigenvalue weighted by Gasteiger charge is 2.20. The number of carbonyl (C=O) groups is 1. The minimum absolute atomic E-state index is 0.0350. The molecule has 2 aromatic rings. The van der Waals surface area contributed by atoms with Gasteiger partial charge in [0.25, 0.3) is 0 Å². The molecule has 0 spiro atoms. The molecule has 0 saturated heterocycles. The maximum absolute atomic E-state index is 11.2. The van der Waals surface area contributed by atoms with Crippen LogP contribution in [0.25, 0.3) is 0 Å². The molecule has 0 aliphatic carbocycles. The summed E-state index contributed by atoms with van der Waals surface area (Å²) in [6.45, 7) is 4.30. The highest BCUT2D eigenvalue weighted by atomic mass is 16.4. The van der Waals surface area contributed by atoms with E-state index < -0.39 is 5.97 Å². The van der Waals surface area contributed by atoms with Gasteiger partial charge in [-0.15, -0.1) is 0 Å². The third-order valence-electron chi connectivity index (χ3n) is 2.84. The van der Waals surface area contributed by atoms with Crippen molar-refractivity contribution in [2.75, 3.05) is 5.32 Å². The normalized spacial score (nSPS) is 12.4. The first-order chi connectivity index (χ1) is 8.99. The Kier molecular flexibility index (Phi) is 3.55. The Balaban J connectivity index is 2.16. The maximum Gasteiger partial charge on any atom is 0.341 e. The van der Waals surface area contributed by atoms with Gasteiger partial charge in [-0.3, -0.25) is 9.36 Å². The number of rotatable bonds is 5. The fourth-order valence-electron chi connectivity index (χ4n) is 2.05. The van der Waals surface area contributed by atoms with Crippen molar-refractivity contribution in [3.05, 3.63) is 29.7 Å². The molecule has 2 aromatic heterocycles. The van der Waals surface area contributed by atoms with E-state index in [4.69, 9.17) is 0 Å². The standard InChI is InChI=1S/C12H17N5O2/c1-8(7-17-6-4-5-13-17)14-11-10(12(18)19)9(2)15-16(11)3/h4-6,8,14H,7H2,1-3H3,(H,18,19). The number of carboxylic acid groups (broad SMARTS) is 1. The third kappa shape index (κ3) is 2.75. The first-order valence-corrected chi connectivity index (χ1v) is 6.00. The highest BCUT2D eigenvalue weighted by molar-refractivity contribution is 5.94. The molecule has 7 nitrogen and oxygen atoms in total. The number of anilines is 1. The summed E-state index contributed by atoms with van der Waals surface area (Å²) < 4.78 is 3.35. The molecule has 1 unspecified atom stereocenters. The maximum atomic E-state index is 11.2. The Morgan fingerprint density at radius 3 is 2.89 bits per heavy atom. The summed E-state index contributed by atoms with van der Waals surface area (Å²) in [5.74, 6) is -0.455. The van der Waals surface area contributed by atoms with Gasteiger partial charge in [0, 0.05) is 25.5 Å². The average Bonchev–Trinajstić information content (AvgIpc) is 2.88. The first kappa shape index (κ1) is 13.1. The minimum atomic E-state index is -0.973. The van der Waals surface area contributed by atoms with Crippen molar-refractivity contribution >= 4 is 11.8 Å². The molecule has 0 aliphatic rings. The van der Waals surface area contributed by atoms with Crippen LogP contribution in [0.1, 0.15) is 23.0 Å². The van der Waals surface area contributed by atoms with E-state index in [9.17, 15) is 9.90 Å². The van der Waals surface area contributed by atoms with E-state index in [2.05, 4.69) is 15.5 Å². The molecule has 0 saturated carbocycles. The number of nitrogens with zero attached hydrogens (tertiary/aromatic N) is 4. The summed E-state index contributed by atoms with van der Waals surface area (Å²) in [6, 6.07) is 1.89. The molecule has 2 rings (SSSR count). The topological polar surface area (TPSA) is 85.0 Å². The Labute approximate surface area is 110 Å². The molecule has 1 atom stereocenters. The number of nitrogens with one attached hydrogen (secondary N) is 1. The lowest BCUT2D eigenvalue weighted by Gasteiger charge is -2.16. The van der Waals surface area contributed by atoms with Crippen molar-refractivity contribution in [1.29, 1.82) is 0 Å². The fourth-order valence-corrected chi connectivity index (χ4v) is 2.05. The molecule has 0 aromatic carbocycles. The lowest BCUT2D eigenvalue weighted by molar-refractivity contribution is 0.0697. The number of aromatic carboxylic acids is 1. The van der Waals surface area contributed by atoms with Gasteiger partial charge in [0.1, 0.15) is 11.4 Å². The van der Waals surface area contributed by atoms with Gasteiger partial charge >= 0.3 is 5.97 Å². The molecule has 2 N–H and O–H groups in total. The second kappa shape index (κ2) is 5.13. The van der Waals surface area contributed by atoms with Crippen LogP contribution in [-0.2, 0) is 13.6 Å². The molecule has 0 radical (unpaired) electrons. The first-order valence-electron chi connectivity index (χ1n) is 6.00. The Morgan fingerprint density at radius 1 is 1.58 bits per heavy atom. The number of carboxylic acids is 1. The monoisotopic (exact) mass is 263 g/mol. The Bertz CT molecular complexity index is 573. The van der Waals surface area contributed by atoms with Crippen LogP contribution >= 0.6 is 0 Å². The summed E-state index contributed by atoms with van der Waals surface area (Å²) in [5, 5.41) is 20.7. The van der Waals surface area contributed by atoms with Crippen LogP contribution in [-0.4, -0.2) is 36.7 Å². The third-order valence-corrected chi connectivity index (χ3v) is 2.84. The smallest absolute Gasteiger partial charge is 0.341 e. The van der Waals surface area contributed by atoms with Gasteiger partial charge in [0.05, 0.1) is 12.2 Å².